The Bertz CT molecular complexity index is 772. The summed E-state index contributed by atoms with van der Waals surface area (Å²) in [7, 11) is 0. The first-order valence-electron chi connectivity index (χ1n) is 11.5. The van der Waals surface area contributed by atoms with Gasteiger partial charge in [0.1, 0.15) is 6.04 Å². The summed E-state index contributed by atoms with van der Waals surface area (Å²) in [5.74, 6) is -0.0761. The van der Waals surface area contributed by atoms with E-state index < -0.39 is 6.04 Å². The number of hydrogen-bond acceptors (Lipinski definition) is 3. The number of nitrogens with zero attached hydrogens (tertiary/aromatic N) is 2. The molecule has 1 aromatic carbocycles. The molecule has 2 rings (SSSR count). The third kappa shape index (κ3) is 7.08. The Balaban J connectivity index is 2.13. The molecule has 1 fully saturated rings. The van der Waals surface area contributed by atoms with Crippen LogP contribution in [0.4, 0.5) is 0 Å². The van der Waals surface area contributed by atoms with Crippen molar-refractivity contribution in [3.63, 3.8) is 0 Å². The summed E-state index contributed by atoms with van der Waals surface area (Å²) in [5, 5.41) is 3.03. The monoisotopic (exact) mass is 429 g/mol. The van der Waals surface area contributed by atoms with Crippen molar-refractivity contribution in [1.82, 2.24) is 15.1 Å². The summed E-state index contributed by atoms with van der Waals surface area (Å²) in [5.41, 5.74) is 1.52. The molecule has 1 heterocycles. The second-order valence-corrected chi connectivity index (χ2v) is 9.79. The number of rotatable bonds is 7. The number of hydrogen-bond donors (Lipinski definition) is 1. The van der Waals surface area contributed by atoms with Gasteiger partial charge in [-0.05, 0) is 57.1 Å². The van der Waals surface area contributed by atoms with Crippen LogP contribution in [-0.2, 0) is 9.59 Å². The van der Waals surface area contributed by atoms with Crippen LogP contribution < -0.4 is 5.32 Å². The molecule has 0 unspecified atom stereocenters. The molecule has 31 heavy (non-hydrogen) atoms. The number of aryl methyl sites for hydroxylation is 1. The first-order chi connectivity index (χ1) is 14.6. The maximum Gasteiger partial charge on any atom is 0.251 e. The van der Waals surface area contributed by atoms with Crippen molar-refractivity contribution in [3.05, 3.63) is 35.4 Å². The molecule has 1 saturated heterocycles. The quantitative estimate of drug-likeness (QED) is 0.719. The number of likely N-dealkylation sites (N-methyl/N-ethyl adjacent to an activating group) is 1. The summed E-state index contributed by atoms with van der Waals surface area (Å²) < 4.78 is 0. The van der Waals surface area contributed by atoms with E-state index in [0.29, 0.717) is 51.0 Å². The lowest BCUT2D eigenvalue weighted by Crippen LogP contribution is -2.54. The summed E-state index contributed by atoms with van der Waals surface area (Å²) in [6, 6.07) is 6.83. The van der Waals surface area contributed by atoms with Crippen molar-refractivity contribution < 1.29 is 14.4 Å². The second kappa shape index (κ2) is 10.8. The zero-order valence-electron chi connectivity index (χ0n) is 20.0. The van der Waals surface area contributed by atoms with Gasteiger partial charge in [0.25, 0.3) is 5.91 Å². The average Bonchev–Trinajstić information content (AvgIpc) is 2.71. The molecule has 6 nitrogen and oxygen atoms in total. The topological polar surface area (TPSA) is 69.7 Å². The molecule has 1 aliphatic rings. The van der Waals surface area contributed by atoms with E-state index in [0.717, 1.165) is 5.56 Å². The van der Waals surface area contributed by atoms with Crippen LogP contribution in [0.2, 0.25) is 0 Å². The van der Waals surface area contributed by atoms with Gasteiger partial charge in [-0.1, -0.05) is 38.5 Å². The number of likely N-dealkylation sites (tertiary alicyclic amines) is 1. The van der Waals surface area contributed by atoms with Gasteiger partial charge in [-0.3, -0.25) is 14.4 Å². The molecule has 0 radical (unpaired) electrons. The van der Waals surface area contributed by atoms with Gasteiger partial charge >= 0.3 is 0 Å². The van der Waals surface area contributed by atoms with E-state index in [-0.39, 0.29) is 29.1 Å². The normalized spacial score (nSPS) is 16.0. The molecule has 0 bridgehead atoms. The van der Waals surface area contributed by atoms with Crippen LogP contribution in [0.15, 0.2) is 24.3 Å². The van der Waals surface area contributed by atoms with E-state index in [1.54, 1.807) is 11.0 Å². The highest BCUT2D eigenvalue weighted by molar-refractivity contribution is 5.97. The molecule has 3 amide bonds. The molecule has 1 aromatic rings. The van der Waals surface area contributed by atoms with E-state index in [1.165, 1.54) is 0 Å². The second-order valence-electron chi connectivity index (χ2n) is 9.79. The fourth-order valence-corrected chi connectivity index (χ4v) is 4.17. The summed E-state index contributed by atoms with van der Waals surface area (Å²) >= 11 is 0. The first kappa shape index (κ1) is 24.9. The Morgan fingerprint density at radius 3 is 2.26 bits per heavy atom. The standard InChI is InChI=1S/C25H39N3O3/c1-7-27(8-2)24(31)22(26-23(30)20-11-9-10-18(3)16-20)19-12-14-28(15-13-19)21(29)17-25(4,5)6/h9-11,16,19,22H,7-8,12-15,17H2,1-6H3,(H,26,30)/t22-/m1/s1. The lowest BCUT2D eigenvalue weighted by Gasteiger charge is -2.38. The van der Waals surface area contributed by atoms with Crippen LogP contribution in [0, 0.1) is 18.3 Å². The third-order valence-electron chi connectivity index (χ3n) is 5.95. The highest BCUT2D eigenvalue weighted by Crippen LogP contribution is 2.26. The molecule has 0 spiro atoms. The Morgan fingerprint density at radius 1 is 1.13 bits per heavy atom. The zero-order chi connectivity index (χ0) is 23.2. The average molecular weight is 430 g/mol. The van der Waals surface area contributed by atoms with Crippen LogP contribution >= 0.6 is 0 Å². The predicted molar refractivity (Wildman–Crippen MR) is 124 cm³/mol. The highest BCUT2D eigenvalue weighted by Gasteiger charge is 2.36. The first-order valence-corrected chi connectivity index (χ1v) is 11.5. The fraction of sp³-hybridized carbons (Fsp3) is 0.640. The van der Waals surface area contributed by atoms with Crippen LogP contribution in [0.3, 0.4) is 0 Å². The Kier molecular flexibility index (Phi) is 8.66. The van der Waals surface area contributed by atoms with Crippen molar-refractivity contribution >= 4 is 17.7 Å². The van der Waals surface area contributed by atoms with E-state index in [4.69, 9.17) is 0 Å². The van der Waals surface area contributed by atoms with Crippen molar-refractivity contribution in [1.29, 1.82) is 0 Å². The van der Waals surface area contributed by atoms with Crippen LogP contribution in [0.5, 0.6) is 0 Å². The van der Waals surface area contributed by atoms with Crippen LogP contribution in [0.25, 0.3) is 0 Å². The van der Waals surface area contributed by atoms with Gasteiger partial charge < -0.3 is 15.1 Å². The number of carbonyl (C=O) groups is 3. The van der Waals surface area contributed by atoms with Gasteiger partial charge in [0.2, 0.25) is 11.8 Å². The molecule has 6 heteroatoms. The van der Waals surface area contributed by atoms with Gasteiger partial charge in [-0.2, -0.15) is 0 Å². The molecular weight excluding hydrogens is 390 g/mol. The van der Waals surface area contributed by atoms with Crippen molar-refractivity contribution in [3.8, 4) is 0 Å². The van der Waals surface area contributed by atoms with Crippen molar-refractivity contribution in [2.75, 3.05) is 26.2 Å². The molecule has 172 valence electrons. The number of amides is 3. The lowest BCUT2D eigenvalue weighted by atomic mass is 9.86. The minimum Gasteiger partial charge on any atom is -0.343 e. The van der Waals surface area contributed by atoms with Gasteiger partial charge in [0, 0.05) is 38.2 Å². The Morgan fingerprint density at radius 2 is 1.74 bits per heavy atom. The summed E-state index contributed by atoms with van der Waals surface area (Å²) in [6.45, 7) is 14.5. The molecule has 0 saturated carbocycles. The van der Waals surface area contributed by atoms with Crippen molar-refractivity contribution in [2.45, 2.75) is 66.8 Å². The number of benzene rings is 1. The third-order valence-corrected chi connectivity index (χ3v) is 5.95. The number of nitrogens with one attached hydrogen (secondary N) is 1. The molecule has 1 aliphatic heterocycles. The van der Waals surface area contributed by atoms with E-state index in [1.807, 2.05) is 43.9 Å². The van der Waals surface area contributed by atoms with Gasteiger partial charge in [0.05, 0.1) is 0 Å². The largest absolute Gasteiger partial charge is 0.343 e. The van der Waals surface area contributed by atoms with Crippen LogP contribution in [0.1, 0.15) is 69.8 Å². The predicted octanol–water partition coefficient (Wildman–Crippen LogP) is 3.64. The summed E-state index contributed by atoms with van der Waals surface area (Å²) in [6.07, 6.45) is 1.94. The smallest absolute Gasteiger partial charge is 0.251 e. The SMILES string of the molecule is CCN(CC)C(=O)[C@H](NC(=O)c1cccc(C)c1)C1CCN(C(=O)CC(C)(C)C)CC1. The highest BCUT2D eigenvalue weighted by atomic mass is 16.2. The minimum absolute atomic E-state index is 0.0144. The Labute approximate surface area is 187 Å². The number of carbonyl (C=O) groups excluding carboxylic acids is 3. The van der Waals surface area contributed by atoms with Gasteiger partial charge in [0.15, 0.2) is 0 Å². The van der Waals surface area contributed by atoms with Gasteiger partial charge in [-0.15, -0.1) is 0 Å². The lowest BCUT2D eigenvalue weighted by molar-refractivity contribution is -0.136. The molecule has 0 aliphatic carbocycles. The molecule has 0 aromatic heterocycles. The Hall–Kier alpha value is -2.37. The fourth-order valence-electron chi connectivity index (χ4n) is 4.17. The van der Waals surface area contributed by atoms with Crippen molar-refractivity contribution in [2.24, 2.45) is 11.3 Å². The molecule has 1 N–H and O–H groups in total. The maximum atomic E-state index is 13.3. The maximum absolute atomic E-state index is 13.3. The van der Waals surface area contributed by atoms with E-state index >= 15 is 0 Å². The summed E-state index contributed by atoms with van der Waals surface area (Å²) in [4.78, 5) is 42.5. The number of piperidine rings is 1. The zero-order valence-corrected chi connectivity index (χ0v) is 20.0. The van der Waals surface area contributed by atoms with E-state index in [9.17, 15) is 14.4 Å². The minimum atomic E-state index is -0.576. The molecule has 1 atom stereocenters. The van der Waals surface area contributed by atoms with E-state index in [2.05, 4.69) is 26.1 Å². The molecular formula is C25H39N3O3. The van der Waals surface area contributed by atoms with Crippen LogP contribution in [-0.4, -0.2) is 59.7 Å². The van der Waals surface area contributed by atoms with Gasteiger partial charge in [-0.25, -0.2) is 0 Å².